The lowest BCUT2D eigenvalue weighted by Gasteiger charge is -2.41. The van der Waals surface area contributed by atoms with E-state index in [1.165, 1.54) is 11.1 Å². The summed E-state index contributed by atoms with van der Waals surface area (Å²) >= 11 is 0. The van der Waals surface area contributed by atoms with Crippen molar-refractivity contribution in [2.24, 2.45) is 7.05 Å². The van der Waals surface area contributed by atoms with Gasteiger partial charge in [0.1, 0.15) is 11.4 Å². The molecular formula is C20H29N5O. The van der Waals surface area contributed by atoms with Gasteiger partial charge in [0.2, 0.25) is 5.91 Å². The smallest absolute Gasteiger partial charge is 0.245 e. The SMILES string of the molecule is CCc1ccc(CN2CCC(Nc3ccn(C)n3)(C(=O)NC)CC2)cc1. The highest BCUT2D eigenvalue weighted by Crippen LogP contribution is 2.27. The second-order valence-electron chi connectivity index (χ2n) is 7.11. The minimum Gasteiger partial charge on any atom is -0.357 e. The topological polar surface area (TPSA) is 62.2 Å². The zero-order chi connectivity index (χ0) is 18.6. The molecule has 0 atom stereocenters. The summed E-state index contributed by atoms with van der Waals surface area (Å²) in [4.78, 5) is 15.0. The molecule has 2 aromatic rings. The van der Waals surface area contributed by atoms with Gasteiger partial charge < -0.3 is 10.6 Å². The summed E-state index contributed by atoms with van der Waals surface area (Å²) in [5.41, 5.74) is 2.10. The van der Waals surface area contributed by atoms with E-state index in [2.05, 4.69) is 51.8 Å². The van der Waals surface area contributed by atoms with Gasteiger partial charge in [0.25, 0.3) is 0 Å². The van der Waals surface area contributed by atoms with Crippen LogP contribution in [0.2, 0.25) is 0 Å². The zero-order valence-electron chi connectivity index (χ0n) is 16.0. The quantitative estimate of drug-likeness (QED) is 0.834. The third-order valence-electron chi connectivity index (χ3n) is 5.29. The maximum absolute atomic E-state index is 12.6. The number of carbonyl (C=O) groups is 1. The molecule has 2 N–H and O–H groups in total. The molecule has 0 unspecified atom stereocenters. The van der Waals surface area contributed by atoms with Crippen molar-refractivity contribution in [3.05, 3.63) is 47.7 Å². The molecule has 0 saturated carbocycles. The summed E-state index contributed by atoms with van der Waals surface area (Å²) < 4.78 is 1.75. The maximum atomic E-state index is 12.6. The Hall–Kier alpha value is -2.34. The second kappa shape index (κ2) is 7.91. The number of likely N-dealkylation sites (N-methyl/N-ethyl adjacent to an activating group) is 1. The van der Waals surface area contributed by atoms with Crippen molar-refractivity contribution in [1.29, 1.82) is 0 Å². The number of aromatic nitrogens is 2. The van der Waals surface area contributed by atoms with Crippen LogP contribution in [0.1, 0.15) is 30.9 Å². The van der Waals surface area contributed by atoms with Crippen LogP contribution >= 0.6 is 0 Å². The molecular weight excluding hydrogens is 326 g/mol. The number of hydrogen-bond acceptors (Lipinski definition) is 4. The lowest BCUT2D eigenvalue weighted by molar-refractivity contribution is -0.126. The molecule has 6 nitrogen and oxygen atoms in total. The van der Waals surface area contributed by atoms with E-state index in [1.54, 1.807) is 11.7 Å². The minimum atomic E-state index is -0.592. The van der Waals surface area contributed by atoms with Gasteiger partial charge in [0, 0.05) is 46.0 Å². The third-order valence-corrected chi connectivity index (χ3v) is 5.29. The maximum Gasteiger partial charge on any atom is 0.245 e. The molecule has 1 fully saturated rings. The number of hydrogen-bond donors (Lipinski definition) is 2. The van der Waals surface area contributed by atoms with Gasteiger partial charge in [-0.25, -0.2) is 0 Å². The van der Waals surface area contributed by atoms with Crippen LogP contribution in [0.3, 0.4) is 0 Å². The number of nitrogens with zero attached hydrogens (tertiary/aromatic N) is 3. The Morgan fingerprint density at radius 2 is 1.81 bits per heavy atom. The summed E-state index contributed by atoms with van der Waals surface area (Å²) in [6.07, 6.45) is 4.47. The van der Waals surface area contributed by atoms with Crippen LogP contribution in [0.25, 0.3) is 0 Å². The molecule has 1 aromatic carbocycles. The van der Waals surface area contributed by atoms with Crippen LogP contribution in [0.4, 0.5) is 5.82 Å². The van der Waals surface area contributed by atoms with Gasteiger partial charge in [-0.1, -0.05) is 31.2 Å². The van der Waals surface area contributed by atoms with Gasteiger partial charge in [-0.05, 0) is 30.4 Å². The lowest BCUT2D eigenvalue weighted by atomic mass is 9.86. The van der Waals surface area contributed by atoms with Gasteiger partial charge in [-0.2, -0.15) is 5.10 Å². The molecule has 1 aliphatic rings. The van der Waals surface area contributed by atoms with Gasteiger partial charge in [0.15, 0.2) is 0 Å². The van der Waals surface area contributed by atoms with E-state index < -0.39 is 5.54 Å². The Balaban J connectivity index is 1.64. The summed E-state index contributed by atoms with van der Waals surface area (Å²) in [5, 5.41) is 10.6. The van der Waals surface area contributed by atoms with Crippen LogP contribution in [0.5, 0.6) is 0 Å². The first kappa shape index (κ1) is 18.5. The standard InChI is InChI=1S/C20H29N5O/c1-4-16-5-7-17(8-6-16)15-25-13-10-20(11-14-25,19(26)21-2)22-18-9-12-24(3)23-18/h5-9,12H,4,10-11,13-15H2,1-3H3,(H,21,26)(H,22,23). The van der Waals surface area contributed by atoms with Gasteiger partial charge in [-0.3, -0.25) is 14.4 Å². The summed E-state index contributed by atoms with van der Waals surface area (Å²) in [6, 6.07) is 10.7. The summed E-state index contributed by atoms with van der Waals surface area (Å²) in [7, 11) is 3.58. The Labute approximate surface area is 155 Å². The predicted octanol–water partition coefficient (Wildman–Crippen LogP) is 2.18. The molecule has 140 valence electrons. The first-order valence-electron chi connectivity index (χ1n) is 9.35. The molecule has 0 spiro atoms. The van der Waals surface area contributed by atoms with E-state index in [1.807, 2.05) is 19.3 Å². The second-order valence-corrected chi connectivity index (χ2v) is 7.11. The van der Waals surface area contributed by atoms with Crippen molar-refractivity contribution in [3.8, 4) is 0 Å². The van der Waals surface area contributed by atoms with Crippen LogP contribution in [0.15, 0.2) is 36.5 Å². The number of benzene rings is 1. The number of nitrogens with one attached hydrogen (secondary N) is 2. The van der Waals surface area contributed by atoms with E-state index >= 15 is 0 Å². The fourth-order valence-electron chi connectivity index (χ4n) is 3.61. The number of anilines is 1. The molecule has 0 radical (unpaired) electrons. The molecule has 0 bridgehead atoms. The van der Waals surface area contributed by atoms with Crippen LogP contribution in [-0.2, 0) is 24.8 Å². The number of carbonyl (C=O) groups excluding carboxylic acids is 1. The number of rotatable bonds is 6. The highest BCUT2D eigenvalue weighted by Gasteiger charge is 2.41. The molecule has 1 saturated heterocycles. The normalized spacial score (nSPS) is 17.0. The minimum absolute atomic E-state index is 0.0371. The highest BCUT2D eigenvalue weighted by atomic mass is 16.2. The largest absolute Gasteiger partial charge is 0.357 e. The number of amides is 1. The Bertz CT molecular complexity index is 729. The third kappa shape index (κ3) is 4.07. The molecule has 1 amide bonds. The molecule has 3 rings (SSSR count). The van der Waals surface area contributed by atoms with Gasteiger partial charge in [0.05, 0.1) is 0 Å². The summed E-state index contributed by atoms with van der Waals surface area (Å²) in [5.74, 6) is 0.787. The van der Waals surface area contributed by atoms with Crippen LogP contribution < -0.4 is 10.6 Å². The van der Waals surface area contributed by atoms with E-state index in [4.69, 9.17) is 0 Å². The Kier molecular flexibility index (Phi) is 5.61. The van der Waals surface area contributed by atoms with E-state index in [-0.39, 0.29) is 5.91 Å². The average molecular weight is 355 g/mol. The number of aryl methyl sites for hydroxylation is 2. The lowest BCUT2D eigenvalue weighted by Crippen LogP contribution is -2.57. The summed E-state index contributed by atoms with van der Waals surface area (Å²) in [6.45, 7) is 4.86. The number of piperidine rings is 1. The van der Waals surface area contributed by atoms with Crippen molar-refractivity contribution in [1.82, 2.24) is 20.0 Å². The molecule has 2 heterocycles. The van der Waals surface area contributed by atoms with Crippen LogP contribution in [-0.4, -0.2) is 46.3 Å². The fourth-order valence-corrected chi connectivity index (χ4v) is 3.61. The van der Waals surface area contributed by atoms with E-state index in [0.29, 0.717) is 0 Å². The molecule has 6 heteroatoms. The number of likely N-dealkylation sites (tertiary alicyclic amines) is 1. The van der Waals surface area contributed by atoms with Crippen molar-refractivity contribution in [2.45, 2.75) is 38.3 Å². The Morgan fingerprint density at radius 3 is 2.35 bits per heavy atom. The first-order valence-corrected chi connectivity index (χ1v) is 9.35. The van der Waals surface area contributed by atoms with Crippen molar-refractivity contribution in [2.75, 3.05) is 25.5 Å². The fraction of sp³-hybridized carbons (Fsp3) is 0.500. The van der Waals surface area contributed by atoms with Crippen molar-refractivity contribution < 1.29 is 4.79 Å². The van der Waals surface area contributed by atoms with Gasteiger partial charge in [-0.15, -0.1) is 0 Å². The predicted molar refractivity (Wildman–Crippen MR) is 104 cm³/mol. The van der Waals surface area contributed by atoms with E-state index in [9.17, 15) is 4.79 Å². The molecule has 26 heavy (non-hydrogen) atoms. The molecule has 1 aromatic heterocycles. The van der Waals surface area contributed by atoms with Crippen LogP contribution in [0, 0.1) is 0 Å². The Morgan fingerprint density at radius 1 is 1.15 bits per heavy atom. The monoisotopic (exact) mass is 355 g/mol. The first-order chi connectivity index (χ1) is 12.5. The van der Waals surface area contributed by atoms with Crippen molar-refractivity contribution in [3.63, 3.8) is 0 Å². The van der Waals surface area contributed by atoms with Gasteiger partial charge >= 0.3 is 0 Å². The van der Waals surface area contributed by atoms with E-state index in [0.717, 1.165) is 44.7 Å². The molecule has 0 aliphatic carbocycles. The molecule has 1 aliphatic heterocycles. The zero-order valence-corrected chi connectivity index (χ0v) is 16.0. The highest BCUT2D eigenvalue weighted by molar-refractivity contribution is 5.89. The van der Waals surface area contributed by atoms with Crippen molar-refractivity contribution >= 4 is 11.7 Å². The average Bonchev–Trinajstić information content (AvgIpc) is 3.08.